The molecule has 1 amide bonds. The molecule has 0 aromatic carbocycles. The average Bonchev–Trinajstić information content (AvgIpc) is 2.59. The SMILES string of the molecule is Cc1csc(C2(NC(=O)CCN)CCC2)n1.Cl.Cl. The molecule has 1 saturated carbocycles. The fourth-order valence-electron chi connectivity index (χ4n) is 1.96. The predicted octanol–water partition coefficient (Wildman–Crippen LogP) is 2.14. The summed E-state index contributed by atoms with van der Waals surface area (Å²) in [7, 11) is 0. The van der Waals surface area contributed by atoms with E-state index in [2.05, 4.69) is 10.3 Å². The molecule has 3 N–H and O–H groups in total. The summed E-state index contributed by atoms with van der Waals surface area (Å²) in [4.78, 5) is 16.1. The largest absolute Gasteiger partial charge is 0.344 e. The maximum absolute atomic E-state index is 11.6. The van der Waals surface area contributed by atoms with Crippen LogP contribution in [0.25, 0.3) is 0 Å². The number of aryl methyl sites for hydroxylation is 1. The van der Waals surface area contributed by atoms with Gasteiger partial charge in [-0.2, -0.15) is 0 Å². The first-order valence-electron chi connectivity index (χ1n) is 5.60. The van der Waals surface area contributed by atoms with Gasteiger partial charge in [0.25, 0.3) is 0 Å². The number of hydrogen-bond donors (Lipinski definition) is 2. The number of aromatic nitrogens is 1. The second-order valence-electron chi connectivity index (χ2n) is 4.32. The highest BCUT2D eigenvalue weighted by Gasteiger charge is 2.42. The normalized spacial score (nSPS) is 15.9. The average molecular weight is 312 g/mol. The van der Waals surface area contributed by atoms with Crippen LogP contribution >= 0.6 is 36.2 Å². The predicted molar refractivity (Wildman–Crippen MR) is 78.7 cm³/mol. The Morgan fingerprint density at radius 3 is 2.61 bits per heavy atom. The molecule has 7 heteroatoms. The van der Waals surface area contributed by atoms with Crippen LogP contribution in [0.1, 0.15) is 36.4 Å². The molecular formula is C11H19Cl2N3OS. The van der Waals surface area contributed by atoms with Crippen LogP contribution in [0.5, 0.6) is 0 Å². The van der Waals surface area contributed by atoms with Crippen molar-refractivity contribution in [1.29, 1.82) is 0 Å². The molecule has 0 radical (unpaired) electrons. The molecule has 1 heterocycles. The third kappa shape index (κ3) is 3.57. The van der Waals surface area contributed by atoms with Crippen molar-refractivity contribution in [2.24, 2.45) is 5.73 Å². The maximum atomic E-state index is 11.6. The number of hydrogen-bond acceptors (Lipinski definition) is 4. The van der Waals surface area contributed by atoms with Gasteiger partial charge in [0.15, 0.2) is 0 Å². The van der Waals surface area contributed by atoms with Gasteiger partial charge in [0.05, 0.1) is 5.54 Å². The molecule has 0 spiro atoms. The Morgan fingerprint density at radius 2 is 2.22 bits per heavy atom. The van der Waals surface area contributed by atoms with Gasteiger partial charge in [0.1, 0.15) is 5.01 Å². The lowest BCUT2D eigenvalue weighted by molar-refractivity contribution is -0.124. The lowest BCUT2D eigenvalue weighted by Gasteiger charge is -2.40. The molecule has 18 heavy (non-hydrogen) atoms. The van der Waals surface area contributed by atoms with Crippen molar-refractivity contribution in [2.75, 3.05) is 6.54 Å². The summed E-state index contributed by atoms with van der Waals surface area (Å²) in [5.41, 5.74) is 6.21. The van der Waals surface area contributed by atoms with E-state index in [1.165, 1.54) is 0 Å². The van der Waals surface area contributed by atoms with Gasteiger partial charge in [-0.25, -0.2) is 4.98 Å². The van der Waals surface area contributed by atoms with Crippen LogP contribution in [0.15, 0.2) is 5.38 Å². The van der Waals surface area contributed by atoms with E-state index in [1.54, 1.807) is 11.3 Å². The minimum atomic E-state index is -0.189. The minimum Gasteiger partial charge on any atom is -0.344 e. The van der Waals surface area contributed by atoms with Crippen molar-refractivity contribution in [1.82, 2.24) is 10.3 Å². The van der Waals surface area contributed by atoms with E-state index in [4.69, 9.17) is 5.73 Å². The fourth-order valence-corrected chi connectivity index (χ4v) is 2.97. The Labute approximate surface area is 124 Å². The van der Waals surface area contributed by atoms with Gasteiger partial charge in [-0.1, -0.05) is 0 Å². The number of halogens is 2. The number of carbonyl (C=O) groups is 1. The summed E-state index contributed by atoms with van der Waals surface area (Å²) in [5, 5.41) is 6.16. The van der Waals surface area contributed by atoms with Crippen LogP contribution in [-0.4, -0.2) is 17.4 Å². The number of nitrogens with one attached hydrogen (secondary N) is 1. The van der Waals surface area contributed by atoms with Crippen LogP contribution in [0.2, 0.25) is 0 Å². The summed E-state index contributed by atoms with van der Waals surface area (Å²) >= 11 is 1.64. The van der Waals surface area contributed by atoms with Crippen LogP contribution in [0.4, 0.5) is 0 Å². The van der Waals surface area contributed by atoms with Crippen LogP contribution in [0.3, 0.4) is 0 Å². The first-order chi connectivity index (χ1) is 7.66. The minimum absolute atomic E-state index is 0. The second kappa shape index (κ2) is 7.28. The molecule has 104 valence electrons. The fraction of sp³-hybridized carbons (Fsp3) is 0.636. The monoisotopic (exact) mass is 311 g/mol. The summed E-state index contributed by atoms with van der Waals surface area (Å²) in [6, 6.07) is 0. The zero-order valence-electron chi connectivity index (χ0n) is 10.3. The highest BCUT2D eigenvalue weighted by molar-refractivity contribution is 7.09. The lowest BCUT2D eigenvalue weighted by atomic mass is 9.77. The topological polar surface area (TPSA) is 68.0 Å². The van der Waals surface area contributed by atoms with Gasteiger partial charge in [0.2, 0.25) is 5.91 Å². The summed E-state index contributed by atoms with van der Waals surface area (Å²) in [6.45, 7) is 2.38. The molecular weight excluding hydrogens is 293 g/mol. The molecule has 1 aliphatic carbocycles. The van der Waals surface area contributed by atoms with Crippen molar-refractivity contribution >= 4 is 42.1 Å². The van der Waals surface area contributed by atoms with Gasteiger partial charge in [-0.15, -0.1) is 36.2 Å². The number of nitrogens with two attached hydrogens (primary N) is 1. The van der Waals surface area contributed by atoms with Gasteiger partial charge >= 0.3 is 0 Å². The van der Waals surface area contributed by atoms with E-state index in [0.29, 0.717) is 13.0 Å². The Hall–Kier alpha value is -0.360. The molecule has 1 fully saturated rings. The molecule has 2 rings (SSSR count). The van der Waals surface area contributed by atoms with Crippen molar-refractivity contribution in [3.8, 4) is 0 Å². The van der Waals surface area contributed by atoms with Crippen molar-refractivity contribution in [2.45, 2.75) is 38.1 Å². The smallest absolute Gasteiger partial charge is 0.222 e. The van der Waals surface area contributed by atoms with E-state index in [1.807, 2.05) is 12.3 Å². The van der Waals surface area contributed by atoms with E-state index in [0.717, 1.165) is 30.0 Å². The molecule has 0 saturated heterocycles. The standard InChI is InChI=1S/C11H17N3OS.2ClH/c1-8-7-16-10(13-8)11(4-2-5-11)14-9(15)3-6-12;;/h7H,2-6,12H2,1H3,(H,14,15);2*1H. The molecule has 4 nitrogen and oxygen atoms in total. The summed E-state index contributed by atoms with van der Waals surface area (Å²) in [5.74, 6) is 0.0371. The zero-order valence-corrected chi connectivity index (χ0v) is 12.7. The molecule has 0 atom stereocenters. The van der Waals surface area contributed by atoms with Crippen molar-refractivity contribution < 1.29 is 4.79 Å². The molecule has 1 aromatic rings. The molecule has 0 unspecified atom stereocenters. The van der Waals surface area contributed by atoms with Crippen molar-refractivity contribution in [3.63, 3.8) is 0 Å². The summed E-state index contributed by atoms with van der Waals surface area (Å²) < 4.78 is 0. The number of amides is 1. The van der Waals surface area contributed by atoms with Crippen LogP contribution in [-0.2, 0) is 10.3 Å². The Bertz CT molecular complexity index is 393. The highest BCUT2D eigenvalue weighted by Crippen LogP contribution is 2.42. The maximum Gasteiger partial charge on any atom is 0.222 e. The number of nitrogens with zero attached hydrogens (tertiary/aromatic N) is 1. The number of thiazole rings is 1. The van der Waals surface area contributed by atoms with Gasteiger partial charge in [-0.3, -0.25) is 4.79 Å². The third-order valence-electron chi connectivity index (χ3n) is 2.99. The first-order valence-corrected chi connectivity index (χ1v) is 6.48. The quantitative estimate of drug-likeness (QED) is 0.895. The van der Waals surface area contributed by atoms with Crippen LogP contribution < -0.4 is 11.1 Å². The molecule has 0 aliphatic heterocycles. The molecule has 0 bridgehead atoms. The molecule has 1 aliphatic rings. The Balaban J connectivity index is 0.00000144. The first kappa shape index (κ1) is 17.6. The second-order valence-corrected chi connectivity index (χ2v) is 5.17. The van der Waals surface area contributed by atoms with Gasteiger partial charge in [-0.05, 0) is 26.2 Å². The van der Waals surface area contributed by atoms with Gasteiger partial charge < -0.3 is 11.1 Å². The third-order valence-corrected chi connectivity index (χ3v) is 4.15. The Kier molecular flexibility index (Phi) is 7.14. The highest BCUT2D eigenvalue weighted by atomic mass is 35.5. The number of carbonyl (C=O) groups excluding carboxylic acids is 1. The Morgan fingerprint density at radius 1 is 1.56 bits per heavy atom. The van der Waals surface area contributed by atoms with E-state index in [9.17, 15) is 4.79 Å². The van der Waals surface area contributed by atoms with Gasteiger partial charge in [0, 0.05) is 24.0 Å². The van der Waals surface area contributed by atoms with Crippen LogP contribution in [0, 0.1) is 6.92 Å². The summed E-state index contributed by atoms with van der Waals surface area (Å²) in [6.07, 6.45) is 3.54. The number of rotatable bonds is 4. The van der Waals surface area contributed by atoms with E-state index in [-0.39, 0.29) is 36.3 Å². The van der Waals surface area contributed by atoms with E-state index < -0.39 is 0 Å². The van der Waals surface area contributed by atoms with Crippen molar-refractivity contribution in [3.05, 3.63) is 16.1 Å². The zero-order chi connectivity index (χ0) is 11.6. The molecule has 1 aromatic heterocycles. The lowest BCUT2D eigenvalue weighted by Crippen LogP contribution is -2.51. The van der Waals surface area contributed by atoms with E-state index >= 15 is 0 Å².